The molecule has 0 spiro atoms. The molecule has 0 radical (unpaired) electrons. The number of fused-ring (bicyclic) bond motifs is 1. The average Bonchev–Trinajstić information content (AvgIpc) is 2.28. The second-order valence-electron chi connectivity index (χ2n) is 5.77. The van der Waals surface area contributed by atoms with Crippen molar-refractivity contribution in [2.45, 2.75) is 39.5 Å². The number of rotatable bonds is 2. The Bertz CT molecular complexity index is 367. The van der Waals surface area contributed by atoms with Crippen molar-refractivity contribution in [2.24, 2.45) is 23.7 Å². The van der Waals surface area contributed by atoms with E-state index in [1.807, 2.05) is 0 Å². The van der Waals surface area contributed by atoms with E-state index in [4.69, 9.17) is 0 Å². The summed E-state index contributed by atoms with van der Waals surface area (Å²) >= 11 is 0. The molecule has 1 fully saturated rings. The van der Waals surface area contributed by atoms with Gasteiger partial charge in [-0.3, -0.25) is 0 Å². The summed E-state index contributed by atoms with van der Waals surface area (Å²) in [4.78, 5) is 11.0. The van der Waals surface area contributed by atoms with Gasteiger partial charge in [-0.25, -0.2) is 0 Å². The summed E-state index contributed by atoms with van der Waals surface area (Å²) in [5.74, 6) is 0.734. The van der Waals surface area contributed by atoms with Crippen LogP contribution in [0.4, 0.5) is 0 Å². The highest BCUT2D eigenvalue weighted by atomic mass is 16.4. The summed E-state index contributed by atoms with van der Waals surface area (Å²) in [5.41, 5.74) is 1.70. The lowest BCUT2D eigenvalue weighted by Crippen LogP contribution is -2.39. The molecule has 0 aromatic rings. The Hall–Kier alpha value is -1.05. The summed E-state index contributed by atoms with van der Waals surface area (Å²) in [6.45, 7) is 8.17. The van der Waals surface area contributed by atoms with Crippen LogP contribution in [0.2, 0.25) is 0 Å². The lowest BCUT2D eigenvalue weighted by atomic mass is 9.61. The Labute approximate surface area is 103 Å². The van der Waals surface area contributed by atoms with Gasteiger partial charge in [0.25, 0.3) is 0 Å². The number of aliphatic carboxylic acids is 1. The molecule has 1 saturated carbocycles. The van der Waals surface area contributed by atoms with Gasteiger partial charge in [0, 0.05) is 0 Å². The van der Waals surface area contributed by atoms with E-state index in [-0.39, 0.29) is 5.92 Å². The van der Waals surface area contributed by atoms with Crippen molar-refractivity contribution in [1.29, 1.82) is 0 Å². The standard InChI is InChI=1S/C15H22O2/c1-9-4-6-12-10(2)5-7-13(14(12)8-9)11(3)15(16)17/h8,10,12-14H,3-7H2,1-2H3,(H,16,17)/p-1/t10-,12+,13+,14+/m1/s1. The summed E-state index contributed by atoms with van der Waals surface area (Å²) in [7, 11) is 0. The maximum atomic E-state index is 11.0. The fraction of sp³-hybridized carbons (Fsp3) is 0.667. The van der Waals surface area contributed by atoms with Crippen LogP contribution in [0.5, 0.6) is 0 Å². The summed E-state index contributed by atoms with van der Waals surface area (Å²) in [6.07, 6.45) is 6.72. The third kappa shape index (κ3) is 2.31. The van der Waals surface area contributed by atoms with Crippen molar-refractivity contribution in [3.8, 4) is 0 Å². The predicted octanol–water partition coefficient (Wildman–Crippen LogP) is 2.31. The van der Waals surface area contributed by atoms with E-state index >= 15 is 0 Å². The minimum absolute atomic E-state index is 0.0939. The summed E-state index contributed by atoms with van der Waals surface area (Å²) in [6, 6.07) is 0. The predicted molar refractivity (Wildman–Crippen MR) is 66.0 cm³/mol. The van der Waals surface area contributed by atoms with Crippen molar-refractivity contribution >= 4 is 5.97 Å². The second kappa shape index (κ2) is 4.67. The molecule has 2 rings (SSSR count). The van der Waals surface area contributed by atoms with Crippen molar-refractivity contribution in [3.63, 3.8) is 0 Å². The van der Waals surface area contributed by atoms with Crippen LogP contribution in [0.25, 0.3) is 0 Å². The zero-order valence-corrected chi connectivity index (χ0v) is 10.7. The highest BCUT2D eigenvalue weighted by Crippen LogP contribution is 2.47. The van der Waals surface area contributed by atoms with Gasteiger partial charge in [0.15, 0.2) is 0 Å². The molecular formula is C15H21O2-. The van der Waals surface area contributed by atoms with Crippen molar-refractivity contribution in [1.82, 2.24) is 0 Å². The van der Waals surface area contributed by atoms with Gasteiger partial charge in [-0.1, -0.05) is 25.2 Å². The molecule has 0 heterocycles. The van der Waals surface area contributed by atoms with Crippen LogP contribution in [0.3, 0.4) is 0 Å². The Morgan fingerprint density at radius 2 is 2.12 bits per heavy atom. The van der Waals surface area contributed by atoms with Crippen LogP contribution in [-0.4, -0.2) is 5.97 Å². The minimum Gasteiger partial charge on any atom is -0.545 e. The number of hydrogen-bond donors (Lipinski definition) is 0. The molecular weight excluding hydrogens is 212 g/mol. The van der Waals surface area contributed by atoms with Crippen LogP contribution >= 0.6 is 0 Å². The van der Waals surface area contributed by atoms with Gasteiger partial charge in [-0.15, -0.1) is 0 Å². The minimum atomic E-state index is -1.07. The van der Waals surface area contributed by atoms with Gasteiger partial charge in [0.2, 0.25) is 0 Å². The third-order valence-electron chi connectivity index (χ3n) is 4.68. The van der Waals surface area contributed by atoms with E-state index < -0.39 is 5.97 Å². The number of carbonyl (C=O) groups excluding carboxylic acids is 1. The number of carbonyl (C=O) groups is 1. The van der Waals surface area contributed by atoms with Crippen LogP contribution in [0, 0.1) is 23.7 Å². The first-order chi connectivity index (χ1) is 8.00. The molecule has 2 heteroatoms. The van der Waals surface area contributed by atoms with Gasteiger partial charge in [0.05, 0.1) is 5.97 Å². The van der Waals surface area contributed by atoms with Gasteiger partial charge < -0.3 is 9.90 Å². The summed E-state index contributed by atoms with van der Waals surface area (Å²) < 4.78 is 0. The molecule has 0 aliphatic heterocycles. The first-order valence-corrected chi connectivity index (χ1v) is 6.58. The van der Waals surface area contributed by atoms with E-state index in [1.165, 1.54) is 12.0 Å². The normalized spacial score (nSPS) is 36.9. The first-order valence-electron chi connectivity index (χ1n) is 6.58. The monoisotopic (exact) mass is 233 g/mol. The molecule has 0 aromatic carbocycles. The van der Waals surface area contributed by atoms with E-state index in [9.17, 15) is 9.90 Å². The van der Waals surface area contributed by atoms with E-state index in [2.05, 4.69) is 26.5 Å². The quantitative estimate of drug-likeness (QED) is 0.542. The Balaban J connectivity index is 2.26. The van der Waals surface area contributed by atoms with Crippen molar-refractivity contribution < 1.29 is 9.90 Å². The molecule has 0 amide bonds. The zero-order chi connectivity index (χ0) is 12.6. The van der Waals surface area contributed by atoms with Crippen LogP contribution in [0.15, 0.2) is 23.8 Å². The first kappa shape index (κ1) is 12.4. The fourth-order valence-electron chi connectivity index (χ4n) is 3.61. The molecule has 94 valence electrons. The van der Waals surface area contributed by atoms with Gasteiger partial charge in [-0.05, 0) is 61.9 Å². The maximum Gasteiger partial charge on any atom is 0.0672 e. The fourth-order valence-corrected chi connectivity index (χ4v) is 3.61. The number of carboxylic acid groups (broad SMARTS) is 1. The number of carboxylic acids is 1. The molecule has 17 heavy (non-hydrogen) atoms. The Kier molecular flexibility index (Phi) is 3.41. The molecule has 4 atom stereocenters. The highest BCUT2D eigenvalue weighted by molar-refractivity contribution is 5.84. The van der Waals surface area contributed by atoms with E-state index in [1.54, 1.807) is 0 Å². The highest BCUT2D eigenvalue weighted by Gasteiger charge is 2.38. The molecule has 2 aliphatic carbocycles. The van der Waals surface area contributed by atoms with E-state index in [0.29, 0.717) is 23.3 Å². The molecule has 2 aliphatic rings. The summed E-state index contributed by atoms with van der Waals surface area (Å²) in [5, 5.41) is 11.0. The smallest absolute Gasteiger partial charge is 0.0672 e. The maximum absolute atomic E-state index is 11.0. The third-order valence-corrected chi connectivity index (χ3v) is 4.68. The molecule has 0 saturated heterocycles. The van der Waals surface area contributed by atoms with Crippen LogP contribution in [0.1, 0.15) is 39.5 Å². The van der Waals surface area contributed by atoms with Gasteiger partial charge in [-0.2, -0.15) is 0 Å². The average molecular weight is 233 g/mol. The molecule has 0 N–H and O–H groups in total. The molecule has 2 nitrogen and oxygen atoms in total. The second-order valence-corrected chi connectivity index (χ2v) is 5.77. The van der Waals surface area contributed by atoms with Crippen LogP contribution < -0.4 is 5.11 Å². The van der Waals surface area contributed by atoms with Crippen LogP contribution in [-0.2, 0) is 4.79 Å². The largest absolute Gasteiger partial charge is 0.545 e. The number of allylic oxidation sites excluding steroid dienone is 2. The van der Waals surface area contributed by atoms with Gasteiger partial charge >= 0.3 is 0 Å². The van der Waals surface area contributed by atoms with Crippen molar-refractivity contribution in [2.75, 3.05) is 0 Å². The lowest BCUT2D eigenvalue weighted by molar-refractivity contribution is -0.300. The molecule has 0 aromatic heterocycles. The molecule has 0 bridgehead atoms. The SMILES string of the molecule is C=C(C(=O)[O-])[C@@H]1CC[C@@H](C)[C@@H]2CCC(C)=C[C@@H]21. The Morgan fingerprint density at radius 3 is 2.76 bits per heavy atom. The van der Waals surface area contributed by atoms with Gasteiger partial charge in [0.1, 0.15) is 0 Å². The Morgan fingerprint density at radius 1 is 1.41 bits per heavy atom. The topological polar surface area (TPSA) is 40.1 Å². The molecule has 0 unspecified atom stereocenters. The van der Waals surface area contributed by atoms with Crippen molar-refractivity contribution in [3.05, 3.63) is 23.8 Å². The lowest BCUT2D eigenvalue weighted by Gasteiger charge is -2.44. The zero-order valence-electron chi connectivity index (χ0n) is 10.7. The number of hydrogen-bond acceptors (Lipinski definition) is 2. The van der Waals surface area contributed by atoms with E-state index in [0.717, 1.165) is 19.3 Å².